The second kappa shape index (κ2) is 6.15. The summed E-state index contributed by atoms with van der Waals surface area (Å²) in [5.41, 5.74) is 2.44. The minimum Gasteiger partial charge on any atom is -0.396 e. The third-order valence-electron chi connectivity index (χ3n) is 2.66. The van der Waals surface area contributed by atoms with E-state index in [-0.39, 0.29) is 18.3 Å². The molecule has 0 atom stereocenters. The van der Waals surface area contributed by atoms with Crippen molar-refractivity contribution in [2.24, 2.45) is 0 Å². The van der Waals surface area contributed by atoms with Gasteiger partial charge in [-0.3, -0.25) is 4.79 Å². The monoisotopic (exact) mass is 260 g/mol. The highest BCUT2D eigenvalue weighted by molar-refractivity contribution is 6.02. The molecule has 2 rings (SSSR count). The Bertz CT molecular complexity index is 563. The number of aliphatic hydroxyl groups is 1. The van der Waals surface area contributed by atoms with Crippen molar-refractivity contribution in [2.45, 2.75) is 19.8 Å². The topological polar surface area (TPSA) is 75.4 Å². The Balaban J connectivity index is 2.04. The number of hydrogen-bond acceptors (Lipinski definition) is 4. The van der Waals surface area contributed by atoms with Gasteiger partial charge >= 0.3 is 0 Å². The predicted octanol–water partition coefficient (Wildman–Crippen LogP) is 2.16. The highest BCUT2D eigenvalue weighted by Crippen LogP contribution is 2.14. The van der Waals surface area contributed by atoms with Crippen LogP contribution in [-0.4, -0.2) is 22.8 Å². The first-order chi connectivity index (χ1) is 9.19. The number of rotatable bonds is 5. The molecule has 0 bridgehead atoms. The molecule has 2 N–H and O–H groups in total. The number of carbonyl (C=O) groups is 1. The Morgan fingerprint density at radius 3 is 2.95 bits per heavy atom. The van der Waals surface area contributed by atoms with Crippen LogP contribution in [0.15, 0.2) is 34.9 Å². The molecule has 0 aliphatic rings. The summed E-state index contributed by atoms with van der Waals surface area (Å²) in [6, 6.07) is 9.11. The van der Waals surface area contributed by atoms with Crippen molar-refractivity contribution in [3.63, 3.8) is 0 Å². The maximum Gasteiger partial charge on any atom is 0.294 e. The normalized spacial score (nSPS) is 10.4. The molecule has 5 nitrogen and oxygen atoms in total. The number of benzene rings is 1. The van der Waals surface area contributed by atoms with Gasteiger partial charge in [-0.05, 0) is 37.5 Å². The van der Waals surface area contributed by atoms with E-state index >= 15 is 0 Å². The Morgan fingerprint density at radius 1 is 1.42 bits per heavy atom. The van der Waals surface area contributed by atoms with Crippen molar-refractivity contribution >= 4 is 11.6 Å². The van der Waals surface area contributed by atoms with E-state index < -0.39 is 0 Å². The molecule has 1 heterocycles. The van der Waals surface area contributed by atoms with Gasteiger partial charge in [-0.25, -0.2) is 0 Å². The molecule has 0 aliphatic carbocycles. The number of nitrogens with one attached hydrogen (secondary N) is 1. The van der Waals surface area contributed by atoms with E-state index in [0.717, 1.165) is 12.0 Å². The van der Waals surface area contributed by atoms with E-state index in [0.29, 0.717) is 17.8 Å². The molecule has 0 aliphatic heterocycles. The number of nitrogens with zero attached hydrogens (tertiary/aromatic N) is 1. The lowest BCUT2D eigenvalue weighted by Crippen LogP contribution is -2.11. The third kappa shape index (κ3) is 3.66. The van der Waals surface area contributed by atoms with E-state index in [1.54, 1.807) is 13.0 Å². The fourth-order valence-corrected chi connectivity index (χ4v) is 1.75. The first kappa shape index (κ1) is 13.3. The minimum atomic E-state index is -0.320. The minimum absolute atomic E-state index is 0.161. The Kier molecular flexibility index (Phi) is 4.30. The predicted molar refractivity (Wildman–Crippen MR) is 71.0 cm³/mol. The highest BCUT2D eigenvalue weighted by atomic mass is 16.5. The summed E-state index contributed by atoms with van der Waals surface area (Å²) in [5, 5.41) is 15.2. The smallest absolute Gasteiger partial charge is 0.294 e. The second-order valence-corrected chi connectivity index (χ2v) is 4.31. The van der Waals surface area contributed by atoms with Crippen LogP contribution in [0.4, 0.5) is 5.69 Å². The SMILES string of the molecule is Cc1cc(C(=O)Nc2cccc(CCCO)c2)on1. The zero-order chi connectivity index (χ0) is 13.7. The van der Waals surface area contributed by atoms with Gasteiger partial charge in [-0.1, -0.05) is 17.3 Å². The summed E-state index contributed by atoms with van der Waals surface area (Å²) in [5.74, 6) is -0.127. The van der Waals surface area contributed by atoms with Gasteiger partial charge in [0, 0.05) is 18.4 Å². The maximum atomic E-state index is 11.9. The lowest BCUT2D eigenvalue weighted by Gasteiger charge is -2.05. The van der Waals surface area contributed by atoms with Gasteiger partial charge in [-0.2, -0.15) is 0 Å². The summed E-state index contributed by atoms with van der Waals surface area (Å²) in [6.07, 6.45) is 1.49. The van der Waals surface area contributed by atoms with E-state index in [2.05, 4.69) is 10.5 Å². The number of aryl methyl sites for hydroxylation is 2. The van der Waals surface area contributed by atoms with Crippen LogP contribution in [0, 0.1) is 6.92 Å². The standard InChI is InChI=1S/C14H16N2O3/c1-10-8-13(19-16-10)14(18)15-12-6-2-4-11(9-12)5-3-7-17/h2,4,6,8-9,17H,3,5,7H2,1H3,(H,15,18). The second-order valence-electron chi connectivity index (χ2n) is 4.31. The van der Waals surface area contributed by atoms with Crippen molar-refractivity contribution in [2.75, 3.05) is 11.9 Å². The van der Waals surface area contributed by atoms with Gasteiger partial charge in [-0.15, -0.1) is 0 Å². The molecule has 5 heteroatoms. The van der Waals surface area contributed by atoms with Crippen molar-refractivity contribution in [3.8, 4) is 0 Å². The largest absolute Gasteiger partial charge is 0.396 e. The van der Waals surface area contributed by atoms with E-state index in [1.807, 2.05) is 24.3 Å². The zero-order valence-electron chi connectivity index (χ0n) is 10.7. The summed E-state index contributed by atoms with van der Waals surface area (Å²) < 4.78 is 4.90. The number of aliphatic hydroxyl groups excluding tert-OH is 1. The fourth-order valence-electron chi connectivity index (χ4n) is 1.75. The average molecular weight is 260 g/mol. The van der Waals surface area contributed by atoms with Gasteiger partial charge in [0.05, 0.1) is 5.69 Å². The number of anilines is 1. The van der Waals surface area contributed by atoms with Gasteiger partial charge in [0.2, 0.25) is 5.76 Å². The lowest BCUT2D eigenvalue weighted by molar-refractivity contribution is 0.0988. The number of carbonyl (C=O) groups excluding carboxylic acids is 1. The van der Waals surface area contributed by atoms with Crippen LogP contribution in [0.5, 0.6) is 0 Å². The van der Waals surface area contributed by atoms with Crippen LogP contribution in [-0.2, 0) is 6.42 Å². The molecule has 0 fully saturated rings. The molecule has 0 radical (unpaired) electrons. The maximum absolute atomic E-state index is 11.9. The lowest BCUT2D eigenvalue weighted by atomic mass is 10.1. The number of aromatic nitrogens is 1. The highest BCUT2D eigenvalue weighted by Gasteiger charge is 2.11. The molecule has 0 unspecified atom stereocenters. The van der Waals surface area contributed by atoms with E-state index in [4.69, 9.17) is 9.63 Å². The summed E-state index contributed by atoms with van der Waals surface area (Å²) in [4.78, 5) is 11.9. The molecule has 0 spiro atoms. The Hall–Kier alpha value is -2.14. The van der Waals surface area contributed by atoms with E-state index in [1.165, 1.54) is 0 Å². The zero-order valence-corrected chi connectivity index (χ0v) is 10.7. The van der Waals surface area contributed by atoms with Gasteiger partial charge in [0.1, 0.15) is 0 Å². The van der Waals surface area contributed by atoms with E-state index in [9.17, 15) is 4.79 Å². The van der Waals surface area contributed by atoms with Crippen LogP contribution >= 0.6 is 0 Å². The number of amides is 1. The molecular formula is C14H16N2O3. The van der Waals surface area contributed by atoms with Gasteiger partial charge < -0.3 is 14.9 Å². The Labute approximate surface area is 111 Å². The summed E-state index contributed by atoms with van der Waals surface area (Å²) in [6.45, 7) is 1.92. The molecule has 1 aromatic carbocycles. The molecule has 0 saturated carbocycles. The fraction of sp³-hybridized carbons (Fsp3) is 0.286. The van der Waals surface area contributed by atoms with Crippen LogP contribution in [0.2, 0.25) is 0 Å². The number of hydrogen-bond donors (Lipinski definition) is 2. The van der Waals surface area contributed by atoms with Gasteiger partial charge in [0.15, 0.2) is 0 Å². The van der Waals surface area contributed by atoms with Crippen molar-refractivity contribution in [1.29, 1.82) is 0 Å². The van der Waals surface area contributed by atoms with Crippen molar-refractivity contribution < 1.29 is 14.4 Å². The van der Waals surface area contributed by atoms with Crippen LogP contribution < -0.4 is 5.32 Å². The third-order valence-corrected chi connectivity index (χ3v) is 2.66. The molecule has 1 aromatic heterocycles. The first-order valence-corrected chi connectivity index (χ1v) is 6.13. The van der Waals surface area contributed by atoms with Crippen molar-refractivity contribution in [3.05, 3.63) is 47.3 Å². The van der Waals surface area contributed by atoms with Crippen LogP contribution in [0.3, 0.4) is 0 Å². The quantitative estimate of drug-likeness (QED) is 0.863. The average Bonchev–Trinajstić information content (AvgIpc) is 2.83. The van der Waals surface area contributed by atoms with Gasteiger partial charge in [0.25, 0.3) is 5.91 Å². The van der Waals surface area contributed by atoms with Crippen LogP contribution in [0.25, 0.3) is 0 Å². The molecular weight excluding hydrogens is 244 g/mol. The molecule has 2 aromatic rings. The van der Waals surface area contributed by atoms with Crippen molar-refractivity contribution in [1.82, 2.24) is 5.16 Å². The summed E-state index contributed by atoms with van der Waals surface area (Å²) in [7, 11) is 0. The van der Waals surface area contributed by atoms with Crippen LogP contribution in [0.1, 0.15) is 28.2 Å². The summed E-state index contributed by atoms with van der Waals surface area (Å²) >= 11 is 0. The molecule has 19 heavy (non-hydrogen) atoms. The first-order valence-electron chi connectivity index (χ1n) is 6.13. The molecule has 1 amide bonds. The molecule has 100 valence electrons. The Morgan fingerprint density at radius 2 is 2.26 bits per heavy atom. The molecule has 0 saturated heterocycles.